The molecule has 30 heavy (non-hydrogen) atoms. The van der Waals surface area contributed by atoms with Crippen LogP contribution in [-0.4, -0.2) is 52.9 Å². The summed E-state index contributed by atoms with van der Waals surface area (Å²) in [5.74, 6) is 1.45. The summed E-state index contributed by atoms with van der Waals surface area (Å²) >= 11 is 0. The van der Waals surface area contributed by atoms with Crippen molar-refractivity contribution in [2.24, 2.45) is 5.92 Å². The molecule has 3 heterocycles. The van der Waals surface area contributed by atoms with Gasteiger partial charge in [-0.25, -0.2) is 0 Å². The third-order valence-corrected chi connectivity index (χ3v) is 7.12. The molecule has 0 radical (unpaired) electrons. The Labute approximate surface area is 178 Å². The van der Waals surface area contributed by atoms with E-state index in [0.29, 0.717) is 31.0 Å². The first-order chi connectivity index (χ1) is 14.5. The average Bonchev–Trinajstić information content (AvgIpc) is 3.02. The number of rotatable bonds is 4. The molecule has 0 bridgehead atoms. The first-order valence-electron chi connectivity index (χ1n) is 11.3. The van der Waals surface area contributed by atoms with Gasteiger partial charge in [0.25, 0.3) is 5.91 Å². The third-order valence-electron chi connectivity index (χ3n) is 7.12. The quantitative estimate of drug-likeness (QED) is 0.830. The fourth-order valence-electron chi connectivity index (χ4n) is 5.53. The van der Waals surface area contributed by atoms with Gasteiger partial charge in [0.05, 0.1) is 0 Å². The Kier molecular flexibility index (Phi) is 5.05. The smallest absolute Gasteiger partial charge is 0.255 e. The predicted octanol–water partition coefficient (Wildman–Crippen LogP) is 3.08. The maximum absolute atomic E-state index is 12.9. The van der Waals surface area contributed by atoms with Crippen molar-refractivity contribution >= 4 is 11.8 Å². The monoisotopic (exact) mass is 409 g/mol. The lowest BCUT2D eigenvalue weighted by Crippen LogP contribution is -2.57. The minimum absolute atomic E-state index is 0.0608. The van der Waals surface area contributed by atoms with Gasteiger partial charge in [0.2, 0.25) is 5.91 Å². The molecule has 4 aliphatic rings. The van der Waals surface area contributed by atoms with E-state index in [1.54, 1.807) is 4.90 Å². The molecule has 5 rings (SSSR count). The Morgan fingerprint density at radius 3 is 2.70 bits per heavy atom. The normalized spacial score (nSPS) is 30.1. The highest BCUT2D eigenvalue weighted by Crippen LogP contribution is 2.34. The van der Waals surface area contributed by atoms with Crippen LogP contribution in [0.3, 0.4) is 0 Å². The zero-order valence-electron chi connectivity index (χ0n) is 17.7. The Balaban J connectivity index is 1.29. The second-order valence-electron chi connectivity index (χ2n) is 9.47. The fourth-order valence-corrected chi connectivity index (χ4v) is 5.53. The summed E-state index contributed by atoms with van der Waals surface area (Å²) in [5, 5.41) is 2.79. The molecule has 0 aromatic heterocycles. The van der Waals surface area contributed by atoms with Gasteiger partial charge in [-0.15, -0.1) is 0 Å². The summed E-state index contributed by atoms with van der Waals surface area (Å²) in [6.07, 6.45) is 6.34. The van der Waals surface area contributed by atoms with Crippen molar-refractivity contribution in [3.05, 3.63) is 41.6 Å². The van der Waals surface area contributed by atoms with Gasteiger partial charge in [0.15, 0.2) is 0 Å². The molecule has 1 aromatic carbocycles. The van der Waals surface area contributed by atoms with E-state index in [1.165, 1.54) is 32.4 Å². The number of carbonyl (C=O) groups excluding carboxylic acids is 2. The summed E-state index contributed by atoms with van der Waals surface area (Å²) in [5.41, 5.74) is 2.38. The Bertz CT molecular complexity index is 876. The van der Waals surface area contributed by atoms with E-state index >= 15 is 0 Å². The number of likely N-dealkylation sites (tertiary alicyclic amines) is 1. The number of ether oxygens (including phenoxy) is 1. The van der Waals surface area contributed by atoms with Crippen molar-refractivity contribution in [3.8, 4) is 5.75 Å². The number of nitrogens with zero attached hydrogens (tertiary/aromatic N) is 2. The van der Waals surface area contributed by atoms with Crippen LogP contribution in [0.25, 0.3) is 0 Å². The molecule has 2 saturated heterocycles. The molecule has 3 aliphatic heterocycles. The van der Waals surface area contributed by atoms with E-state index in [2.05, 4.69) is 23.7 Å². The van der Waals surface area contributed by atoms with Gasteiger partial charge in [-0.1, -0.05) is 19.9 Å². The summed E-state index contributed by atoms with van der Waals surface area (Å²) in [6.45, 7) is 8.95. The van der Waals surface area contributed by atoms with Crippen LogP contribution in [-0.2, 0) is 11.3 Å². The van der Waals surface area contributed by atoms with Gasteiger partial charge < -0.3 is 15.0 Å². The number of hydrogen-bond acceptors (Lipinski definition) is 4. The molecular formula is C24H31N3O3. The standard InChI is InChI=1S/C24H31N3O3/c1-15-12-26(13-15)20-5-3-4-6-22(20)30-18-8-9-19-17(11-18)14-27(24(19)29)21-10-7-16(2)25-23(21)28/h8-9,11,15,20-22H,2-7,10,12-14H2,1H3,(H,25,28). The van der Waals surface area contributed by atoms with E-state index in [0.717, 1.165) is 29.3 Å². The molecule has 0 spiro atoms. The number of hydrogen-bond donors (Lipinski definition) is 1. The van der Waals surface area contributed by atoms with Crippen LogP contribution in [0.2, 0.25) is 0 Å². The molecule has 6 nitrogen and oxygen atoms in total. The summed E-state index contributed by atoms with van der Waals surface area (Å²) in [6, 6.07) is 5.89. The lowest BCUT2D eigenvalue weighted by molar-refractivity contribution is -0.126. The maximum atomic E-state index is 12.9. The molecule has 160 valence electrons. The molecule has 1 aromatic rings. The number of piperidine rings is 1. The molecule has 1 saturated carbocycles. The maximum Gasteiger partial charge on any atom is 0.255 e. The van der Waals surface area contributed by atoms with Crippen LogP contribution in [0.4, 0.5) is 0 Å². The van der Waals surface area contributed by atoms with Crippen LogP contribution in [0.15, 0.2) is 30.5 Å². The van der Waals surface area contributed by atoms with Gasteiger partial charge >= 0.3 is 0 Å². The first-order valence-corrected chi connectivity index (χ1v) is 11.3. The molecule has 6 heteroatoms. The summed E-state index contributed by atoms with van der Waals surface area (Å²) in [7, 11) is 0. The van der Waals surface area contributed by atoms with E-state index in [9.17, 15) is 9.59 Å². The number of carbonyl (C=O) groups is 2. The highest BCUT2D eigenvalue weighted by molar-refractivity contribution is 6.01. The third kappa shape index (κ3) is 3.51. The van der Waals surface area contributed by atoms with Crippen LogP contribution in [0, 0.1) is 5.92 Å². The SMILES string of the molecule is C=C1CCC(N2Cc3cc(OC4CCCCC4N4CC(C)C4)ccc3C2=O)C(=O)N1. The van der Waals surface area contributed by atoms with E-state index in [1.807, 2.05) is 18.2 Å². The molecule has 3 fully saturated rings. The predicted molar refractivity (Wildman–Crippen MR) is 114 cm³/mol. The highest BCUT2D eigenvalue weighted by Gasteiger charge is 2.39. The largest absolute Gasteiger partial charge is 0.489 e. The molecule has 1 N–H and O–H groups in total. The zero-order valence-corrected chi connectivity index (χ0v) is 17.7. The lowest BCUT2D eigenvalue weighted by Gasteiger charge is -2.47. The minimum atomic E-state index is -0.420. The molecular weight excluding hydrogens is 378 g/mol. The molecule has 1 aliphatic carbocycles. The Morgan fingerprint density at radius 1 is 1.13 bits per heavy atom. The molecule has 3 atom stereocenters. The van der Waals surface area contributed by atoms with E-state index in [-0.39, 0.29) is 17.9 Å². The number of amides is 2. The van der Waals surface area contributed by atoms with Gasteiger partial charge in [-0.2, -0.15) is 0 Å². The topological polar surface area (TPSA) is 61.9 Å². The van der Waals surface area contributed by atoms with E-state index < -0.39 is 6.04 Å². The Morgan fingerprint density at radius 2 is 1.93 bits per heavy atom. The van der Waals surface area contributed by atoms with Gasteiger partial charge in [-0.3, -0.25) is 14.5 Å². The highest BCUT2D eigenvalue weighted by atomic mass is 16.5. The Hall–Kier alpha value is -2.34. The van der Waals surface area contributed by atoms with Crippen molar-refractivity contribution in [1.29, 1.82) is 0 Å². The van der Waals surface area contributed by atoms with Crippen LogP contribution in [0.1, 0.15) is 61.4 Å². The fraction of sp³-hybridized carbons (Fsp3) is 0.583. The van der Waals surface area contributed by atoms with Crippen LogP contribution < -0.4 is 10.1 Å². The molecule has 3 unspecified atom stereocenters. The first kappa shape index (κ1) is 19.6. The number of benzene rings is 1. The van der Waals surface area contributed by atoms with Gasteiger partial charge in [0.1, 0.15) is 17.9 Å². The summed E-state index contributed by atoms with van der Waals surface area (Å²) in [4.78, 5) is 29.6. The summed E-state index contributed by atoms with van der Waals surface area (Å²) < 4.78 is 6.47. The van der Waals surface area contributed by atoms with Crippen LogP contribution in [0.5, 0.6) is 5.75 Å². The second kappa shape index (κ2) is 7.73. The van der Waals surface area contributed by atoms with E-state index in [4.69, 9.17) is 4.74 Å². The number of allylic oxidation sites excluding steroid dienone is 1. The van der Waals surface area contributed by atoms with Crippen molar-refractivity contribution < 1.29 is 14.3 Å². The zero-order chi connectivity index (χ0) is 20.8. The van der Waals surface area contributed by atoms with Crippen molar-refractivity contribution in [3.63, 3.8) is 0 Å². The number of fused-ring (bicyclic) bond motifs is 1. The average molecular weight is 410 g/mol. The van der Waals surface area contributed by atoms with Crippen molar-refractivity contribution in [2.75, 3.05) is 13.1 Å². The van der Waals surface area contributed by atoms with Gasteiger partial charge in [-0.05, 0) is 61.8 Å². The second-order valence-corrected chi connectivity index (χ2v) is 9.47. The minimum Gasteiger partial charge on any atom is -0.489 e. The molecule has 2 amide bonds. The van der Waals surface area contributed by atoms with Crippen molar-refractivity contribution in [1.82, 2.24) is 15.1 Å². The van der Waals surface area contributed by atoms with Gasteiger partial charge in [0, 0.05) is 36.9 Å². The van der Waals surface area contributed by atoms with Crippen molar-refractivity contribution in [2.45, 2.75) is 70.2 Å². The number of nitrogens with one attached hydrogen (secondary N) is 1. The lowest BCUT2D eigenvalue weighted by atomic mass is 9.87. The van der Waals surface area contributed by atoms with Crippen LogP contribution >= 0.6 is 0 Å².